The maximum absolute atomic E-state index is 11.3. The summed E-state index contributed by atoms with van der Waals surface area (Å²) < 4.78 is 9.32. The van der Waals surface area contributed by atoms with Gasteiger partial charge in [-0.15, -0.1) is 0 Å². The van der Waals surface area contributed by atoms with Crippen LogP contribution < -0.4 is 0 Å². The summed E-state index contributed by atoms with van der Waals surface area (Å²) in [6.45, 7) is 2.07. The molecular weight excluding hydrogens is 268 g/mol. The van der Waals surface area contributed by atoms with Crippen molar-refractivity contribution in [2.24, 2.45) is 0 Å². The van der Waals surface area contributed by atoms with Crippen molar-refractivity contribution in [1.29, 1.82) is 0 Å². The summed E-state index contributed by atoms with van der Waals surface area (Å²) in [6, 6.07) is 4.71. The van der Waals surface area contributed by atoms with Crippen molar-refractivity contribution in [3.8, 4) is 11.8 Å². The number of carbonyl (C=O) groups is 2. The first-order valence-electron chi connectivity index (χ1n) is 5.60. The lowest BCUT2D eigenvalue weighted by molar-refractivity contribution is -0.141. The first-order chi connectivity index (χ1) is 9.08. The highest BCUT2D eigenvalue weighted by molar-refractivity contribution is 6.33. The van der Waals surface area contributed by atoms with Crippen LogP contribution in [-0.2, 0) is 14.3 Å². The van der Waals surface area contributed by atoms with Crippen LogP contribution >= 0.6 is 11.6 Å². The molecule has 0 saturated carbocycles. The monoisotopic (exact) mass is 280 g/mol. The van der Waals surface area contributed by atoms with Gasteiger partial charge in [-0.2, -0.15) is 0 Å². The number of esters is 2. The Morgan fingerprint density at radius 3 is 2.68 bits per heavy atom. The molecule has 4 nitrogen and oxygen atoms in total. The number of hydrogen-bond donors (Lipinski definition) is 0. The lowest BCUT2D eigenvalue weighted by Crippen LogP contribution is -2.02. The van der Waals surface area contributed by atoms with Crippen molar-refractivity contribution in [3.63, 3.8) is 0 Å². The van der Waals surface area contributed by atoms with Gasteiger partial charge >= 0.3 is 11.9 Å². The standard InChI is InChI=1S/C14H13ClO4/c1-3-19-13(16)6-4-5-10-7-8-11(12(15)9-10)14(17)18-2/h7-9H,3,6H2,1-2H3. The predicted molar refractivity (Wildman–Crippen MR) is 70.9 cm³/mol. The second-order valence-electron chi connectivity index (χ2n) is 3.47. The van der Waals surface area contributed by atoms with Gasteiger partial charge in [0.2, 0.25) is 0 Å². The van der Waals surface area contributed by atoms with E-state index in [9.17, 15) is 9.59 Å². The van der Waals surface area contributed by atoms with Gasteiger partial charge in [0, 0.05) is 5.56 Å². The van der Waals surface area contributed by atoms with E-state index in [-0.39, 0.29) is 23.0 Å². The summed E-state index contributed by atoms with van der Waals surface area (Å²) in [5, 5.41) is 0.259. The topological polar surface area (TPSA) is 52.6 Å². The van der Waals surface area contributed by atoms with Crippen LogP contribution in [-0.4, -0.2) is 25.7 Å². The molecule has 0 radical (unpaired) electrons. The SMILES string of the molecule is CCOC(=O)CC#Cc1ccc(C(=O)OC)c(Cl)c1. The third-order valence-corrected chi connectivity index (χ3v) is 2.46. The Labute approximate surface area is 116 Å². The third-order valence-electron chi connectivity index (χ3n) is 2.15. The molecule has 0 aromatic heterocycles. The summed E-state index contributed by atoms with van der Waals surface area (Å²) in [5.41, 5.74) is 0.891. The largest absolute Gasteiger partial charge is 0.465 e. The Bertz CT molecular complexity index is 540. The van der Waals surface area contributed by atoms with E-state index in [1.807, 2.05) is 0 Å². The summed E-state index contributed by atoms with van der Waals surface area (Å²) in [7, 11) is 1.28. The molecule has 0 heterocycles. The van der Waals surface area contributed by atoms with Gasteiger partial charge in [0.05, 0.1) is 24.3 Å². The van der Waals surface area contributed by atoms with E-state index in [0.717, 1.165) is 0 Å². The van der Waals surface area contributed by atoms with Gasteiger partial charge in [-0.25, -0.2) is 4.79 Å². The second kappa shape index (κ2) is 7.45. The number of rotatable bonds is 3. The second-order valence-corrected chi connectivity index (χ2v) is 3.88. The Morgan fingerprint density at radius 1 is 1.37 bits per heavy atom. The van der Waals surface area contributed by atoms with Gasteiger partial charge in [-0.05, 0) is 25.1 Å². The zero-order chi connectivity index (χ0) is 14.3. The van der Waals surface area contributed by atoms with Gasteiger partial charge in [0.15, 0.2) is 0 Å². The van der Waals surface area contributed by atoms with Crippen molar-refractivity contribution < 1.29 is 19.1 Å². The van der Waals surface area contributed by atoms with Crippen molar-refractivity contribution in [2.75, 3.05) is 13.7 Å². The molecular formula is C14H13ClO4. The van der Waals surface area contributed by atoms with Gasteiger partial charge in [0.1, 0.15) is 6.42 Å². The lowest BCUT2D eigenvalue weighted by Gasteiger charge is -2.01. The fourth-order valence-electron chi connectivity index (χ4n) is 1.30. The normalized spacial score (nSPS) is 9.21. The molecule has 19 heavy (non-hydrogen) atoms. The fourth-order valence-corrected chi connectivity index (χ4v) is 1.56. The van der Waals surface area contributed by atoms with Crippen LogP contribution in [0.1, 0.15) is 29.3 Å². The molecule has 1 aromatic carbocycles. The summed E-state index contributed by atoms with van der Waals surface area (Å²) in [6.07, 6.45) is 0.0181. The molecule has 100 valence electrons. The zero-order valence-corrected chi connectivity index (χ0v) is 11.4. The van der Waals surface area contributed by atoms with E-state index in [1.54, 1.807) is 19.1 Å². The highest BCUT2D eigenvalue weighted by Crippen LogP contribution is 2.18. The molecule has 0 aliphatic rings. The maximum Gasteiger partial charge on any atom is 0.339 e. The van der Waals surface area contributed by atoms with Crippen LogP contribution in [0.2, 0.25) is 5.02 Å². The highest BCUT2D eigenvalue weighted by atomic mass is 35.5. The first-order valence-corrected chi connectivity index (χ1v) is 5.98. The van der Waals surface area contributed by atoms with E-state index in [2.05, 4.69) is 16.6 Å². The highest BCUT2D eigenvalue weighted by Gasteiger charge is 2.10. The predicted octanol–water partition coefficient (Wildman–Crippen LogP) is 2.43. The summed E-state index contributed by atoms with van der Waals surface area (Å²) in [5.74, 6) is 4.58. The summed E-state index contributed by atoms with van der Waals surface area (Å²) in [4.78, 5) is 22.4. The fraction of sp³-hybridized carbons (Fsp3) is 0.286. The number of carbonyl (C=O) groups excluding carboxylic acids is 2. The molecule has 0 N–H and O–H groups in total. The van der Waals surface area contributed by atoms with Crippen LogP contribution in [0, 0.1) is 11.8 Å². The smallest absolute Gasteiger partial charge is 0.339 e. The molecule has 1 rings (SSSR count). The average molecular weight is 281 g/mol. The molecule has 1 aromatic rings. The Hall–Kier alpha value is -1.99. The number of halogens is 1. The van der Waals surface area contributed by atoms with Gasteiger partial charge in [0.25, 0.3) is 0 Å². The molecule has 0 bridgehead atoms. The number of hydrogen-bond acceptors (Lipinski definition) is 4. The van der Waals surface area contributed by atoms with Gasteiger partial charge in [-0.1, -0.05) is 23.4 Å². The van der Waals surface area contributed by atoms with Crippen molar-refractivity contribution in [1.82, 2.24) is 0 Å². The van der Waals surface area contributed by atoms with Crippen LogP contribution in [0.25, 0.3) is 0 Å². The minimum Gasteiger partial charge on any atom is -0.465 e. The number of benzene rings is 1. The number of methoxy groups -OCH3 is 1. The summed E-state index contributed by atoms with van der Waals surface area (Å²) >= 11 is 5.93. The molecule has 0 aliphatic heterocycles. The molecule has 0 aliphatic carbocycles. The third kappa shape index (κ3) is 4.65. The van der Waals surface area contributed by atoms with Crippen LogP contribution in [0.4, 0.5) is 0 Å². The van der Waals surface area contributed by atoms with E-state index < -0.39 is 5.97 Å². The van der Waals surface area contributed by atoms with Crippen LogP contribution in [0.5, 0.6) is 0 Å². The van der Waals surface area contributed by atoms with E-state index in [1.165, 1.54) is 13.2 Å². The minimum absolute atomic E-state index is 0.0181. The molecule has 0 atom stereocenters. The van der Waals surface area contributed by atoms with Gasteiger partial charge in [-0.3, -0.25) is 4.79 Å². The Balaban J connectivity index is 2.77. The molecule has 0 unspecified atom stereocenters. The van der Waals surface area contributed by atoms with Gasteiger partial charge < -0.3 is 9.47 Å². The Morgan fingerprint density at radius 2 is 2.11 bits per heavy atom. The molecule has 0 saturated heterocycles. The first kappa shape index (κ1) is 15.1. The van der Waals surface area contributed by atoms with Crippen LogP contribution in [0.15, 0.2) is 18.2 Å². The quantitative estimate of drug-likeness (QED) is 0.630. The van der Waals surface area contributed by atoms with Crippen molar-refractivity contribution in [2.45, 2.75) is 13.3 Å². The van der Waals surface area contributed by atoms with E-state index >= 15 is 0 Å². The molecule has 0 amide bonds. The van der Waals surface area contributed by atoms with Crippen molar-refractivity contribution in [3.05, 3.63) is 34.3 Å². The lowest BCUT2D eigenvalue weighted by atomic mass is 10.1. The van der Waals surface area contributed by atoms with Crippen molar-refractivity contribution >= 4 is 23.5 Å². The number of ether oxygens (including phenoxy) is 2. The Kier molecular flexibility index (Phi) is 5.91. The van der Waals surface area contributed by atoms with E-state index in [4.69, 9.17) is 16.3 Å². The maximum atomic E-state index is 11.3. The zero-order valence-electron chi connectivity index (χ0n) is 10.7. The van der Waals surface area contributed by atoms with E-state index in [0.29, 0.717) is 12.2 Å². The molecule has 0 spiro atoms. The van der Waals surface area contributed by atoms with Crippen LogP contribution in [0.3, 0.4) is 0 Å². The molecule has 0 fully saturated rings. The average Bonchev–Trinajstić information content (AvgIpc) is 2.38. The minimum atomic E-state index is -0.504. The molecule has 5 heteroatoms.